The van der Waals surface area contributed by atoms with Crippen LogP contribution in [0.1, 0.15) is 25.1 Å². The molecular weight excluding hydrogens is 266 g/mol. The smallest absolute Gasteiger partial charge is 0.244 e. The molecule has 1 rings (SSSR count). The number of carbonyl (C=O) groups is 1. The van der Waals surface area contributed by atoms with Crippen LogP contribution >= 0.6 is 11.6 Å². The third kappa shape index (κ3) is 4.69. The lowest BCUT2D eigenvalue weighted by molar-refractivity contribution is -0.116. The summed E-state index contributed by atoms with van der Waals surface area (Å²) in [6.45, 7) is 6.93. The molecular formula is C13H20ClN3O2. The van der Waals surface area contributed by atoms with Crippen molar-refractivity contribution in [3.8, 4) is 0 Å². The Bertz CT molecular complexity index is 467. The van der Waals surface area contributed by atoms with Crippen LogP contribution in [0.3, 0.4) is 0 Å². The molecule has 0 fully saturated rings. The monoisotopic (exact) mass is 285 g/mol. The first-order valence-corrected chi connectivity index (χ1v) is 6.63. The van der Waals surface area contributed by atoms with Crippen molar-refractivity contribution in [2.45, 2.75) is 27.3 Å². The summed E-state index contributed by atoms with van der Waals surface area (Å²) in [6, 6.07) is 0. The molecule has 0 aliphatic rings. The number of nitrogens with zero attached hydrogens (tertiary/aromatic N) is 2. The van der Waals surface area contributed by atoms with Gasteiger partial charge in [-0.15, -0.1) is 0 Å². The Morgan fingerprint density at radius 3 is 2.84 bits per heavy atom. The Balaban J connectivity index is 2.81. The molecule has 0 bridgehead atoms. The van der Waals surface area contributed by atoms with Crippen molar-refractivity contribution in [1.29, 1.82) is 0 Å². The minimum atomic E-state index is -0.263. The topological polar surface area (TPSA) is 67.2 Å². The maximum Gasteiger partial charge on any atom is 0.244 e. The highest BCUT2D eigenvalue weighted by Crippen LogP contribution is 2.22. The Kier molecular flexibility index (Phi) is 6.05. The van der Waals surface area contributed by atoms with Gasteiger partial charge in [0.05, 0.1) is 12.3 Å². The Hall–Kier alpha value is -1.33. The highest BCUT2D eigenvalue weighted by Gasteiger charge is 2.12. The van der Waals surface area contributed by atoms with Crippen molar-refractivity contribution in [3.63, 3.8) is 0 Å². The van der Waals surface area contributed by atoms with Gasteiger partial charge in [0, 0.05) is 24.7 Å². The molecule has 0 saturated heterocycles. The van der Waals surface area contributed by atoms with Gasteiger partial charge in [-0.05, 0) is 18.9 Å². The van der Waals surface area contributed by atoms with Gasteiger partial charge in [0.1, 0.15) is 5.15 Å². The van der Waals surface area contributed by atoms with Crippen molar-refractivity contribution in [2.75, 3.05) is 13.2 Å². The minimum Gasteiger partial charge on any atom is -0.395 e. The van der Waals surface area contributed by atoms with Crippen LogP contribution in [0.25, 0.3) is 6.08 Å². The molecule has 2 N–H and O–H groups in total. The SMILES string of the molecule is Cc1nn(CC(C)C)c(Cl)c1/C=C/C(=O)NCCO. The number of nitrogens with one attached hydrogen (secondary N) is 1. The zero-order chi connectivity index (χ0) is 14.4. The van der Waals surface area contributed by atoms with Crippen molar-refractivity contribution in [2.24, 2.45) is 5.92 Å². The lowest BCUT2D eigenvalue weighted by atomic mass is 10.2. The zero-order valence-electron chi connectivity index (χ0n) is 11.5. The molecule has 0 aliphatic carbocycles. The second-order valence-electron chi connectivity index (χ2n) is 4.71. The standard InChI is InChI=1S/C13H20ClN3O2/c1-9(2)8-17-13(14)11(10(3)16-17)4-5-12(19)15-6-7-18/h4-5,9,18H,6-8H2,1-3H3,(H,15,19)/b5-4+. The van der Waals surface area contributed by atoms with Crippen LogP contribution in [0.15, 0.2) is 6.08 Å². The number of aryl methyl sites for hydroxylation is 1. The highest BCUT2D eigenvalue weighted by molar-refractivity contribution is 6.31. The second kappa shape index (κ2) is 7.31. The van der Waals surface area contributed by atoms with E-state index in [-0.39, 0.29) is 19.1 Å². The Labute approximate surface area is 118 Å². The van der Waals surface area contributed by atoms with E-state index < -0.39 is 0 Å². The van der Waals surface area contributed by atoms with E-state index in [0.29, 0.717) is 11.1 Å². The van der Waals surface area contributed by atoms with Gasteiger partial charge in [-0.3, -0.25) is 9.48 Å². The van der Waals surface area contributed by atoms with Gasteiger partial charge < -0.3 is 10.4 Å². The molecule has 6 heteroatoms. The molecule has 1 aromatic rings. The maximum atomic E-state index is 11.4. The summed E-state index contributed by atoms with van der Waals surface area (Å²) in [6.07, 6.45) is 3.04. The molecule has 0 unspecified atom stereocenters. The molecule has 0 spiro atoms. The number of hydrogen-bond acceptors (Lipinski definition) is 3. The summed E-state index contributed by atoms with van der Waals surface area (Å²) in [5, 5.41) is 16.0. The molecule has 1 heterocycles. The molecule has 1 amide bonds. The van der Waals surface area contributed by atoms with Gasteiger partial charge in [-0.25, -0.2) is 0 Å². The average Bonchev–Trinajstić information content (AvgIpc) is 2.59. The van der Waals surface area contributed by atoms with Crippen LogP contribution in [-0.4, -0.2) is 33.9 Å². The molecule has 106 valence electrons. The zero-order valence-corrected chi connectivity index (χ0v) is 12.2. The second-order valence-corrected chi connectivity index (χ2v) is 5.07. The lowest BCUT2D eigenvalue weighted by Crippen LogP contribution is -2.24. The first kappa shape index (κ1) is 15.7. The summed E-state index contributed by atoms with van der Waals surface area (Å²) in [5.41, 5.74) is 1.54. The van der Waals surface area contributed by atoms with E-state index in [4.69, 9.17) is 16.7 Å². The van der Waals surface area contributed by atoms with Gasteiger partial charge in [0.2, 0.25) is 5.91 Å². The van der Waals surface area contributed by atoms with Crippen molar-refractivity contribution in [1.82, 2.24) is 15.1 Å². The summed E-state index contributed by atoms with van der Waals surface area (Å²) >= 11 is 6.24. The third-order valence-corrected chi connectivity index (χ3v) is 2.86. The number of aliphatic hydroxyl groups is 1. The fraction of sp³-hybridized carbons (Fsp3) is 0.538. The van der Waals surface area contributed by atoms with Gasteiger partial charge in [0.25, 0.3) is 0 Å². The molecule has 0 aromatic carbocycles. The van der Waals surface area contributed by atoms with E-state index >= 15 is 0 Å². The maximum absolute atomic E-state index is 11.4. The minimum absolute atomic E-state index is 0.0777. The highest BCUT2D eigenvalue weighted by atomic mass is 35.5. The van der Waals surface area contributed by atoms with Crippen molar-refractivity contribution < 1.29 is 9.90 Å². The molecule has 1 aromatic heterocycles. The van der Waals surface area contributed by atoms with Crippen LogP contribution in [0, 0.1) is 12.8 Å². The largest absolute Gasteiger partial charge is 0.395 e. The number of halogens is 1. The number of aliphatic hydroxyl groups excluding tert-OH is 1. The van der Waals surface area contributed by atoms with Crippen molar-refractivity contribution in [3.05, 3.63) is 22.5 Å². The van der Waals surface area contributed by atoms with Gasteiger partial charge in [-0.1, -0.05) is 25.4 Å². The lowest BCUT2D eigenvalue weighted by Gasteiger charge is -2.05. The molecule has 5 nitrogen and oxygen atoms in total. The molecule has 0 radical (unpaired) electrons. The molecule has 0 aliphatic heterocycles. The molecule has 19 heavy (non-hydrogen) atoms. The van der Waals surface area contributed by atoms with E-state index in [9.17, 15) is 4.79 Å². The van der Waals surface area contributed by atoms with Crippen LogP contribution in [-0.2, 0) is 11.3 Å². The van der Waals surface area contributed by atoms with Crippen molar-refractivity contribution >= 4 is 23.6 Å². The quantitative estimate of drug-likeness (QED) is 0.781. The summed E-state index contributed by atoms with van der Waals surface area (Å²) in [5.74, 6) is 0.183. The number of rotatable bonds is 6. The van der Waals surface area contributed by atoms with Crippen LogP contribution in [0.2, 0.25) is 5.15 Å². The predicted molar refractivity (Wildman–Crippen MR) is 75.9 cm³/mol. The van der Waals surface area contributed by atoms with E-state index in [1.807, 2.05) is 6.92 Å². The van der Waals surface area contributed by atoms with Gasteiger partial charge >= 0.3 is 0 Å². The summed E-state index contributed by atoms with van der Waals surface area (Å²) in [4.78, 5) is 11.4. The van der Waals surface area contributed by atoms with E-state index in [1.165, 1.54) is 6.08 Å². The number of amides is 1. The Morgan fingerprint density at radius 1 is 1.58 bits per heavy atom. The average molecular weight is 286 g/mol. The van der Waals surface area contributed by atoms with Gasteiger partial charge in [0.15, 0.2) is 0 Å². The van der Waals surface area contributed by atoms with Crippen LogP contribution < -0.4 is 5.32 Å². The van der Waals surface area contributed by atoms with Crippen LogP contribution in [0.5, 0.6) is 0 Å². The predicted octanol–water partition coefficient (Wildman–Crippen LogP) is 1.62. The molecule has 0 atom stereocenters. The molecule has 0 saturated carbocycles. The number of carbonyl (C=O) groups excluding carboxylic acids is 1. The number of hydrogen-bond donors (Lipinski definition) is 2. The normalized spacial score (nSPS) is 11.5. The van der Waals surface area contributed by atoms with Crippen LogP contribution in [0.4, 0.5) is 0 Å². The Morgan fingerprint density at radius 2 is 2.26 bits per heavy atom. The third-order valence-electron chi connectivity index (χ3n) is 2.46. The summed E-state index contributed by atoms with van der Waals surface area (Å²) in [7, 11) is 0. The van der Waals surface area contributed by atoms with Gasteiger partial charge in [-0.2, -0.15) is 5.10 Å². The first-order chi connectivity index (χ1) is 8.95. The van der Waals surface area contributed by atoms with E-state index in [1.54, 1.807) is 10.8 Å². The number of aromatic nitrogens is 2. The first-order valence-electron chi connectivity index (χ1n) is 6.25. The summed E-state index contributed by atoms with van der Waals surface area (Å²) < 4.78 is 1.74. The fourth-order valence-electron chi connectivity index (χ4n) is 1.62. The fourth-order valence-corrected chi connectivity index (χ4v) is 1.93. The van der Waals surface area contributed by atoms with E-state index in [0.717, 1.165) is 17.8 Å². The van der Waals surface area contributed by atoms with E-state index in [2.05, 4.69) is 24.3 Å².